The van der Waals surface area contributed by atoms with Gasteiger partial charge >= 0.3 is 0 Å². The van der Waals surface area contributed by atoms with E-state index in [2.05, 4.69) is 34.2 Å². The molecule has 0 aromatic heterocycles. The zero-order chi connectivity index (χ0) is 14.5. The Morgan fingerprint density at radius 3 is 2.70 bits per heavy atom. The van der Waals surface area contributed by atoms with Gasteiger partial charge in [-0.25, -0.2) is 0 Å². The summed E-state index contributed by atoms with van der Waals surface area (Å²) in [5.74, 6) is 0.894. The van der Waals surface area contributed by atoms with Crippen molar-refractivity contribution in [3.05, 3.63) is 57.5 Å². The average Bonchev–Trinajstić information content (AvgIpc) is 2.48. The SMILES string of the molecule is CCC(Nc1cc(Cl)ccc1Br)c1ccccc1OC. The second-order valence-corrected chi connectivity index (χ2v) is 5.76. The molecule has 0 aliphatic heterocycles. The number of anilines is 1. The Morgan fingerprint density at radius 2 is 2.00 bits per heavy atom. The predicted molar refractivity (Wildman–Crippen MR) is 88.8 cm³/mol. The van der Waals surface area contributed by atoms with Crippen molar-refractivity contribution in [2.75, 3.05) is 12.4 Å². The van der Waals surface area contributed by atoms with Crippen LogP contribution in [0, 0.1) is 0 Å². The lowest BCUT2D eigenvalue weighted by Crippen LogP contribution is -2.11. The molecule has 106 valence electrons. The number of hydrogen-bond acceptors (Lipinski definition) is 2. The summed E-state index contributed by atoms with van der Waals surface area (Å²) < 4.78 is 6.44. The maximum atomic E-state index is 6.06. The number of para-hydroxylation sites is 1. The highest BCUT2D eigenvalue weighted by atomic mass is 79.9. The maximum Gasteiger partial charge on any atom is 0.124 e. The summed E-state index contributed by atoms with van der Waals surface area (Å²) in [6.45, 7) is 2.14. The summed E-state index contributed by atoms with van der Waals surface area (Å²) in [5, 5.41) is 4.23. The summed E-state index contributed by atoms with van der Waals surface area (Å²) in [6, 6.07) is 14.0. The zero-order valence-corrected chi connectivity index (χ0v) is 13.8. The van der Waals surface area contributed by atoms with Crippen LogP contribution in [0.5, 0.6) is 5.75 Å². The zero-order valence-electron chi connectivity index (χ0n) is 11.5. The largest absolute Gasteiger partial charge is 0.496 e. The van der Waals surface area contributed by atoms with Gasteiger partial charge < -0.3 is 10.1 Å². The van der Waals surface area contributed by atoms with Crippen LogP contribution >= 0.6 is 27.5 Å². The molecule has 2 aromatic rings. The van der Waals surface area contributed by atoms with Gasteiger partial charge in [-0.1, -0.05) is 36.7 Å². The average molecular weight is 355 g/mol. The van der Waals surface area contributed by atoms with E-state index in [0.717, 1.165) is 27.9 Å². The summed E-state index contributed by atoms with van der Waals surface area (Å²) >= 11 is 9.61. The number of hydrogen-bond donors (Lipinski definition) is 1. The van der Waals surface area contributed by atoms with Crippen molar-refractivity contribution in [1.29, 1.82) is 0 Å². The van der Waals surface area contributed by atoms with Gasteiger partial charge in [0.25, 0.3) is 0 Å². The smallest absolute Gasteiger partial charge is 0.124 e. The van der Waals surface area contributed by atoms with E-state index in [0.29, 0.717) is 5.02 Å². The van der Waals surface area contributed by atoms with Crippen LogP contribution in [0.4, 0.5) is 5.69 Å². The van der Waals surface area contributed by atoms with Gasteiger partial charge in [0.15, 0.2) is 0 Å². The van der Waals surface area contributed by atoms with Gasteiger partial charge in [-0.2, -0.15) is 0 Å². The minimum absolute atomic E-state index is 0.168. The van der Waals surface area contributed by atoms with Crippen molar-refractivity contribution in [2.45, 2.75) is 19.4 Å². The van der Waals surface area contributed by atoms with E-state index in [9.17, 15) is 0 Å². The summed E-state index contributed by atoms with van der Waals surface area (Å²) in [7, 11) is 1.70. The van der Waals surface area contributed by atoms with Crippen LogP contribution in [-0.4, -0.2) is 7.11 Å². The van der Waals surface area contributed by atoms with Gasteiger partial charge in [-0.15, -0.1) is 0 Å². The molecule has 4 heteroatoms. The summed E-state index contributed by atoms with van der Waals surface area (Å²) in [4.78, 5) is 0. The van der Waals surface area contributed by atoms with Crippen LogP contribution in [0.3, 0.4) is 0 Å². The molecule has 2 nitrogen and oxygen atoms in total. The number of methoxy groups -OCH3 is 1. The molecule has 0 amide bonds. The first-order chi connectivity index (χ1) is 9.65. The molecular formula is C16H17BrClNO. The Labute approximate surface area is 133 Å². The molecule has 0 spiro atoms. The quantitative estimate of drug-likeness (QED) is 0.746. The van der Waals surface area contributed by atoms with Crippen LogP contribution in [-0.2, 0) is 0 Å². The molecule has 1 N–H and O–H groups in total. The van der Waals surface area contributed by atoms with Crippen LogP contribution in [0.1, 0.15) is 24.9 Å². The highest BCUT2D eigenvalue weighted by Gasteiger charge is 2.15. The molecule has 0 aliphatic rings. The van der Waals surface area contributed by atoms with E-state index in [4.69, 9.17) is 16.3 Å². The van der Waals surface area contributed by atoms with Crippen LogP contribution in [0.15, 0.2) is 46.9 Å². The van der Waals surface area contributed by atoms with E-state index in [-0.39, 0.29) is 6.04 Å². The van der Waals surface area contributed by atoms with Gasteiger partial charge in [0, 0.05) is 15.1 Å². The Balaban J connectivity index is 2.31. The van der Waals surface area contributed by atoms with Crippen molar-refractivity contribution < 1.29 is 4.74 Å². The topological polar surface area (TPSA) is 21.3 Å². The summed E-state index contributed by atoms with van der Waals surface area (Å²) in [5.41, 5.74) is 2.12. The van der Waals surface area contributed by atoms with E-state index in [1.54, 1.807) is 7.11 Å². The molecule has 0 fully saturated rings. The Kier molecular flexibility index (Phi) is 5.32. The molecule has 0 radical (unpaired) electrons. The van der Waals surface area contributed by atoms with Crippen LogP contribution in [0.25, 0.3) is 0 Å². The standard InChI is InChI=1S/C16H17BrClNO/c1-3-14(12-6-4-5-7-16(12)20-2)19-15-10-11(18)8-9-13(15)17/h4-10,14,19H,3H2,1-2H3. The Hall–Kier alpha value is -1.19. The number of nitrogens with one attached hydrogen (secondary N) is 1. The predicted octanol–water partition coefficient (Wildman–Crippen LogP) is 5.67. The third-order valence-corrected chi connectivity index (χ3v) is 4.11. The van der Waals surface area contributed by atoms with Gasteiger partial charge in [0.1, 0.15) is 5.75 Å². The first kappa shape index (κ1) is 15.2. The highest BCUT2D eigenvalue weighted by molar-refractivity contribution is 9.10. The minimum atomic E-state index is 0.168. The van der Waals surface area contributed by atoms with Crippen molar-refractivity contribution in [3.63, 3.8) is 0 Å². The molecule has 0 bridgehead atoms. The second-order valence-electron chi connectivity index (χ2n) is 4.47. The lowest BCUT2D eigenvalue weighted by atomic mass is 10.0. The van der Waals surface area contributed by atoms with Gasteiger partial charge in [-0.05, 0) is 46.6 Å². The molecular weight excluding hydrogens is 338 g/mol. The molecule has 1 atom stereocenters. The molecule has 1 unspecified atom stereocenters. The molecule has 0 saturated carbocycles. The molecule has 2 aromatic carbocycles. The molecule has 0 aliphatic carbocycles. The lowest BCUT2D eigenvalue weighted by Gasteiger charge is -2.22. The first-order valence-corrected chi connectivity index (χ1v) is 7.67. The van der Waals surface area contributed by atoms with E-state index >= 15 is 0 Å². The van der Waals surface area contributed by atoms with E-state index in [1.165, 1.54) is 0 Å². The van der Waals surface area contributed by atoms with E-state index < -0.39 is 0 Å². The maximum absolute atomic E-state index is 6.06. The number of rotatable bonds is 5. The third kappa shape index (κ3) is 3.47. The lowest BCUT2D eigenvalue weighted by molar-refractivity contribution is 0.406. The third-order valence-electron chi connectivity index (χ3n) is 3.18. The number of halogens is 2. The Bertz CT molecular complexity index is 588. The van der Waals surface area contributed by atoms with Gasteiger partial charge in [0.05, 0.1) is 18.8 Å². The van der Waals surface area contributed by atoms with Crippen LogP contribution in [0.2, 0.25) is 5.02 Å². The Morgan fingerprint density at radius 1 is 1.25 bits per heavy atom. The second kappa shape index (κ2) is 7.00. The fourth-order valence-electron chi connectivity index (χ4n) is 2.15. The minimum Gasteiger partial charge on any atom is -0.496 e. The van der Waals surface area contributed by atoms with E-state index in [1.807, 2.05) is 36.4 Å². The highest BCUT2D eigenvalue weighted by Crippen LogP contribution is 2.33. The number of ether oxygens (including phenoxy) is 1. The van der Waals surface area contributed by atoms with Crippen molar-refractivity contribution in [2.24, 2.45) is 0 Å². The molecule has 0 heterocycles. The van der Waals surface area contributed by atoms with Crippen molar-refractivity contribution in [3.8, 4) is 5.75 Å². The fourth-order valence-corrected chi connectivity index (χ4v) is 2.68. The first-order valence-electron chi connectivity index (χ1n) is 6.50. The molecule has 2 rings (SSSR count). The molecule has 20 heavy (non-hydrogen) atoms. The monoisotopic (exact) mass is 353 g/mol. The van der Waals surface area contributed by atoms with Crippen LogP contribution < -0.4 is 10.1 Å². The van der Waals surface area contributed by atoms with Gasteiger partial charge in [0.2, 0.25) is 0 Å². The van der Waals surface area contributed by atoms with Gasteiger partial charge in [-0.3, -0.25) is 0 Å². The van der Waals surface area contributed by atoms with Crippen molar-refractivity contribution in [1.82, 2.24) is 0 Å². The normalized spacial score (nSPS) is 12.0. The fraction of sp³-hybridized carbons (Fsp3) is 0.250. The summed E-state index contributed by atoms with van der Waals surface area (Å²) in [6.07, 6.45) is 0.944. The molecule has 0 saturated heterocycles. The van der Waals surface area contributed by atoms with Crippen molar-refractivity contribution >= 4 is 33.2 Å². The number of benzene rings is 2.